The number of piperidine rings is 3. The predicted octanol–water partition coefficient (Wildman–Crippen LogP) is 13.2. The second kappa shape index (κ2) is 35.5. The summed E-state index contributed by atoms with van der Waals surface area (Å²) in [5.41, 5.74) is 8.24. The van der Waals surface area contributed by atoms with Crippen molar-refractivity contribution >= 4 is 86.9 Å². The Hall–Kier alpha value is -11.3. The molecule has 0 aliphatic carbocycles. The van der Waals surface area contributed by atoms with E-state index in [0.29, 0.717) is 194 Å². The Bertz CT molecular complexity index is 5670. The van der Waals surface area contributed by atoms with Crippen LogP contribution in [0.4, 0.5) is 0 Å². The molecule has 6 unspecified atom stereocenters. The van der Waals surface area contributed by atoms with Crippen molar-refractivity contribution in [2.45, 2.75) is 133 Å². The molecule has 2 amide bonds. The van der Waals surface area contributed by atoms with Crippen LogP contribution in [0.15, 0.2) is 141 Å². The van der Waals surface area contributed by atoms with Gasteiger partial charge in [0.2, 0.25) is 0 Å². The van der Waals surface area contributed by atoms with Crippen molar-refractivity contribution in [3.05, 3.63) is 166 Å². The third-order valence-electron chi connectivity index (χ3n) is 22.5. The van der Waals surface area contributed by atoms with Crippen molar-refractivity contribution in [1.29, 1.82) is 10.5 Å². The molecule has 6 bridgehead atoms. The lowest BCUT2D eigenvalue weighted by atomic mass is 9.78. The maximum atomic E-state index is 13.1. The highest BCUT2D eigenvalue weighted by atomic mass is 35.5. The van der Waals surface area contributed by atoms with Gasteiger partial charge in [-0.25, -0.2) is 19.7 Å². The number of nitrogens with zero attached hydrogens (tertiary/aromatic N) is 10. The number of aromatic carboxylic acids is 1. The molecule has 120 heavy (non-hydrogen) atoms. The number of methoxy groups -OCH3 is 3. The molecule has 0 spiro atoms. The second-order valence-corrected chi connectivity index (χ2v) is 31.9. The van der Waals surface area contributed by atoms with Crippen LogP contribution in [0, 0.1) is 22.7 Å². The molecule has 0 saturated carbocycles. The number of furan rings is 3. The highest BCUT2D eigenvalue weighted by Crippen LogP contribution is 2.43. The van der Waals surface area contributed by atoms with E-state index in [2.05, 4.69) is 47.4 Å². The highest BCUT2D eigenvalue weighted by Gasteiger charge is 2.52. The number of carboxylic acid groups (broad SMARTS) is 1. The zero-order chi connectivity index (χ0) is 83.5. The largest absolute Gasteiger partial charge is 0.494 e. The summed E-state index contributed by atoms with van der Waals surface area (Å²) in [5, 5.41) is 32.5. The van der Waals surface area contributed by atoms with Crippen molar-refractivity contribution < 1.29 is 89.4 Å². The number of nitriles is 2. The van der Waals surface area contributed by atoms with Gasteiger partial charge in [0, 0.05) is 145 Å². The van der Waals surface area contributed by atoms with Gasteiger partial charge in [-0.1, -0.05) is 35.3 Å². The zero-order valence-corrected chi connectivity index (χ0v) is 68.4. The SMILES string of the molecule is C1NCC2CC1O2.CC1(C)OB(c2ccc(OC3CCOCC3)c(C#N)c2)OC1(C)C.COc1cc(C(=O)N2CC3CC(C2)O3)cnc1-c1cc2nccc(-c3ccc(OC4CCOCC4)c(C#N)c3)c2o1.COc1cc(C(=O)N2CC3CC(C2)O3)cnc1-c1cc2nccc(Cl)c2o1.COc1cc(C(=O)O)cnc1-c1cc2nccc(Cl)c2o1. The minimum Gasteiger partial charge on any atom is -0.494 e. The first-order valence-electron chi connectivity index (χ1n) is 39.6. The van der Waals surface area contributed by atoms with Gasteiger partial charge in [-0.2, -0.15) is 10.5 Å². The normalized spacial score (nSPS) is 21.0. The monoisotopic (exact) mass is 1670 g/mol. The lowest BCUT2D eigenvalue weighted by molar-refractivity contribution is -0.171. The number of aromatic nitrogens is 6. The molecule has 0 radical (unpaired) electrons. The molecule has 30 nitrogen and oxygen atoms in total. The first-order chi connectivity index (χ1) is 58.1. The number of ether oxygens (including phenoxy) is 10. The van der Waals surface area contributed by atoms with Crippen molar-refractivity contribution in [2.75, 3.05) is 87.0 Å². The first-order valence-corrected chi connectivity index (χ1v) is 40.4. The quantitative estimate of drug-likeness (QED) is 0.0900. The summed E-state index contributed by atoms with van der Waals surface area (Å²) in [6.07, 6.45) is 17.7. The number of carbonyl (C=O) groups is 3. The van der Waals surface area contributed by atoms with Gasteiger partial charge >= 0.3 is 13.1 Å². The number of halogens is 2. The van der Waals surface area contributed by atoms with E-state index < -0.39 is 24.3 Å². The van der Waals surface area contributed by atoms with E-state index in [0.717, 1.165) is 68.2 Å². The fourth-order valence-electron chi connectivity index (χ4n) is 15.4. The van der Waals surface area contributed by atoms with Gasteiger partial charge < -0.3 is 90.2 Å². The molecule has 21 heterocycles. The molecule has 11 aromatic rings. The molecule has 620 valence electrons. The van der Waals surface area contributed by atoms with Gasteiger partial charge in [0.25, 0.3) is 11.8 Å². The third-order valence-corrected chi connectivity index (χ3v) is 23.1. The van der Waals surface area contributed by atoms with Crippen LogP contribution in [-0.4, -0.2) is 217 Å². The Morgan fingerprint density at radius 1 is 0.500 bits per heavy atom. The van der Waals surface area contributed by atoms with Crippen LogP contribution in [0.3, 0.4) is 0 Å². The predicted molar refractivity (Wildman–Crippen MR) is 439 cm³/mol. The van der Waals surface area contributed by atoms with E-state index in [9.17, 15) is 24.9 Å². The number of hydrogen-bond donors (Lipinski definition) is 2. The van der Waals surface area contributed by atoms with Crippen LogP contribution in [0.5, 0.6) is 28.7 Å². The zero-order valence-electron chi connectivity index (χ0n) is 66.9. The minimum absolute atomic E-state index is 0.0304. The Kier molecular flexibility index (Phi) is 24.4. The van der Waals surface area contributed by atoms with Crippen molar-refractivity contribution in [3.8, 4) is 86.4 Å². The molecular weight excluding hydrogens is 1580 g/mol. The Labute approximate surface area is 700 Å². The number of nitrogens with one attached hydrogen (secondary N) is 1. The average Bonchev–Trinajstić information content (AvgIpc) is 1.66. The highest BCUT2D eigenvalue weighted by molar-refractivity contribution is 6.62. The number of amides is 2. The summed E-state index contributed by atoms with van der Waals surface area (Å²) in [6, 6.07) is 30.7. The van der Waals surface area contributed by atoms with Crippen LogP contribution in [-0.2, 0) is 33.0 Å². The molecule has 12 aliphatic rings. The molecule has 23 rings (SSSR count). The summed E-state index contributed by atoms with van der Waals surface area (Å²) >= 11 is 12.2. The van der Waals surface area contributed by atoms with E-state index in [1.54, 1.807) is 92.7 Å². The number of carbonyl (C=O) groups excluding carboxylic acids is 2. The van der Waals surface area contributed by atoms with Gasteiger partial charge in [0.1, 0.15) is 86.7 Å². The third kappa shape index (κ3) is 17.8. The van der Waals surface area contributed by atoms with Crippen molar-refractivity contribution in [3.63, 3.8) is 0 Å². The van der Waals surface area contributed by atoms with E-state index in [4.69, 9.17) is 98.2 Å². The van der Waals surface area contributed by atoms with Gasteiger partial charge in [-0.05, 0) is 99.4 Å². The van der Waals surface area contributed by atoms with Crippen molar-refractivity contribution in [1.82, 2.24) is 45.0 Å². The maximum Gasteiger partial charge on any atom is 0.494 e. The molecule has 33 heteroatoms. The topological polar surface area (TPSA) is 365 Å². The van der Waals surface area contributed by atoms with E-state index in [-0.39, 0.29) is 54.0 Å². The Morgan fingerprint density at radius 2 is 0.892 bits per heavy atom. The summed E-state index contributed by atoms with van der Waals surface area (Å²) in [4.78, 5) is 66.4. The minimum atomic E-state index is -1.08. The molecule has 2 N–H and O–H groups in total. The van der Waals surface area contributed by atoms with Gasteiger partial charge in [-0.15, -0.1) is 0 Å². The van der Waals surface area contributed by atoms with Crippen LogP contribution in [0.2, 0.25) is 10.0 Å². The number of rotatable bonds is 15. The van der Waals surface area contributed by atoms with Gasteiger partial charge in [-0.3, -0.25) is 24.5 Å². The number of pyridine rings is 6. The van der Waals surface area contributed by atoms with Crippen molar-refractivity contribution in [2.24, 2.45) is 0 Å². The van der Waals surface area contributed by atoms with Gasteiger partial charge in [0.15, 0.2) is 34.0 Å². The lowest BCUT2D eigenvalue weighted by Crippen LogP contribution is -2.58. The maximum absolute atomic E-state index is 13.1. The second-order valence-electron chi connectivity index (χ2n) is 31.1. The van der Waals surface area contributed by atoms with E-state index >= 15 is 0 Å². The molecule has 12 aliphatic heterocycles. The number of benzene rings is 2. The lowest BCUT2D eigenvalue weighted by Gasteiger charge is -2.47. The van der Waals surface area contributed by atoms with Gasteiger partial charge in [0.05, 0.1) is 133 Å². The first kappa shape index (κ1) is 82.4. The molecule has 2 aromatic carbocycles. The average molecular weight is 1670 g/mol. The van der Waals surface area contributed by atoms with Crippen LogP contribution in [0.25, 0.3) is 78.8 Å². The summed E-state index contributed by atoms with van der Waals surface area (Å²) < 4.78 is 85.6. The van der Waals surface area contributed by atoms with Crippen LogP contribution >= 0.6 is 23.2 Å². The van der Waals surface area contributed by atoms with E-state index in [1.807, 2.05) is 67.8 Å². The Morgan fingerprint density at radius 3 is 1.29 bits per heavy atom. The van der Waals surface area contributed by atoms with E-state index in [1.165, 1.54) is 32.9 Å². The fourth-order valence-corrected chi connectivity index (χ4v) is 15.7. The number of carboxylic acids is 1. The fraction of sp³-hybridized carbons (Fsp3) is 0.391. The molecule has 12 saturated heterocycles. The summed E-state index contributed by atoms with van der Waals surface area (Å²) in [7, 11) is 4.03. The standard InChI is InChI=1S/C31H28N4O6.C19H16ClN3O4.C18H24BNO4.C14H9ClN2O4.C5H9NO/c1-37-27-11-20(31(36)35-16-22-12-23(17-35)39-22)15-34-29(27)28-13-25-30(41-28)24(4-7-33-25)18-2-3-26(19(10-18)14-32)40-21-5-8-38-9-6-21;1-25-15-4-10(19(24)23-8-11-5-12(9-23)26-11)7-22-17(15)16-6-14-18(27-16)13(20)2-3-21-14;1-17(2)18(3,4)24-19(23-17)14-5-6-16(13(11-14)12-20)22-15-7-9-21-10-8-15;1-20-10-4-7(14(18)19)6-17-12(10)11-5-9-13(21-11)8(15)2-3-16-9;1-4-2-6-3-5(1)7-4/h2-4,7,10-11,13,15,21-23H,5-6,8-9,12,16-17H2,1H3;2-4,6-7,11-12H,5,8-9H2,1H3;5-6,11,15H,7-10H2,1-4H3;2-6H,1H3,(H,18,19);4-6H,1-3H2. The van der Waals surface area contributed by atoms with Crippen LogP contribution in [0.1, 0.15) is 115 Å². The smallest absolute Gasteiger partial charge is 0.494 e. The molecule has 9 aromatic heterocycles. The molecule has 12 fully saturated rings. The van der Waals surface area contributed by atoms with Crippen LogP contribution < -0.4 is 34.5 Å². The molecule has 6 atom stereocenters. The summed E-state index contributed by atoms with van der Waals surface area (Å²) in [6.45, 7) is 15.4. The number of fused-ring (bicyclic) bond motifs is 9. The Balaban J connectivity index is 0.000000119. The number of morpholine rings is 3. The summed E-state index contributed by atoms with van der Waals surface area (Å²) in [5.74, 6) is 2.45. The molecular formula is C87H86BCl2N11O19. The number of hydrogen-bond acceptors (Lipinski definition) is 27.